The van der Waals surface area contributed by atoms with Crippen molar-refractivity contribution in [3.63, 3.8) is 0 Å². The van der Waals surface area contributed by atoms with E-state index in [-0.39, 0.29) is 22.6 Å². The molecule has 178 valence electrons. The van der Waals surface area contributed by atoms with Gasteiger partial charge in [-0.2, -0.15) is 0 Å². The van der Waals surface area contributed by atoms with Gasteiger partial charge >= 0.3 is 18.0 Å². The van der Waals surface area contributed by atoms with Gasteiger partial charge in [0, 0.05) is 13.1 Å². The fourth-order valence-corrected chi connectivity index (χ4v) is 5.64. The van der Waals surface area contributed by atoms with Gasteiger partial charge in [-0.25, -0.2) is 14.4 Å². The largest absolute Gasteiger partial charge is 0.485 e. The number of carboxylic acid groups (broad SMARTS) is 2. The van der Waals surface area contributed by atoms with Gasteiger partial charge in [0.2, 0.25) is 0 Å². The average Bonchev–Trinajstić information content (AvgIpc) is 3.14. The smallest absolute Gasteiger partial charge is 0.409 e. The zero-order chi connectivity index (χ0) is 24.0. The van der Waals surface area contributed by atoms with Crippen LogP contribution in [0, 0.1) is 5.92 Å². The van der Waals surface area contributed by atoms with E-state index in [0.717, 1.165) is 24.2 Å². The number of nitrogens with zero attached hydrogens (tertiary/aromatic N) is 1. The van der Waals surface area contributed by atoms with Gasteiger partial charge < -0.3 is 29.3 Å². The second-order valence-electron chi connectivity index (χ2n) is 7.48. The number of halogens is 1. The third-order valence-corrected chi connectivity index (χ3v) is 7.58. The first-order chi connectivity index (χ1) is 15.8. The number of hydrogen-bond acceptors (Lipinski definition) is 7. The van der Waals surface area contributed by atoms with Crippen molar-refractivity contribution < 1.29 is 38.8 Å². The summed E-state index contributed by atoms with van der Waals surface area (Å²) in [7, 11) is 1.36. The summed E-state index contributed by atoms with van der Waals surface area (Å²) in [6.07, 6.45) is 1.24. The molecular formula is C22H24BrNO8S. The lowest BCUT2D eigenvalue weighted by Gasteiger charge is -2.32. The topological polar surface area (TPSA) is 123 Å². The number of aliphatic carboxylic acids is 1. The Labute approximate surface area is 203 Å². The fourth-order valence-electron chi connectivity index (χ4n) is 3.68. The number of aromatic carboxylic acids is 1. The molecule has 0 aliphatic carbocycles. The van der Waals surface area contributed by atoms with Crippen LogP contribution in [0.15, 0.2) is 34.8 Å². The minimum Gasteiger partial charge on any atom is -0.485 e. The molecule has 0 bridgehead atoms. The summed E-state index contributed by atoms with van der Waals surface area (Å²) >= 11 is 4.41. The van der Waals surface area contributed by atoms with Crippen molar-refractivity contribution in [2.45, 2.75) is 25.4 Å². The average molecular weight is 542 g/mol. The van der Waals surface area contributed by atoms with Gasteiger partial charge in [0.05, 0.1) is 16.5 Å². The minimum absolute atomic E-state index is 0.0212. The number of rotatable bonds is 9. The summed E-state index contributed by atoms with van der Waals surface area (Å²) in [6, 6.07) is 9.18. The molecule has 2 heterocycles. The Balaban J connectivity index is 1.87. The number of piperidine rings is 1. The predicted molar refractivity (Wildman–Crippen MR) is 123 cm³/mol. The number of likely N-dealkylation sites (tertiary alicyclic amines) is 1. The first-order valence-electron chi connectivity index (χ1n) is 10.2. The lowest BCUT2D eigenvalue weighted by atomic mass is 9.90. The molecule has 0 saturated carbocycles. The lowest BCUT2D eigenvalue weighted by Crippen LogP contribution is -2.38. The fraction of sp³-hybridized carbons (Fsp3) is 0.409. The van der Waals surface area contributed by atoms with Gasteiger partial charge in [0.1, 0.15) is 11.9 Å². The van der Waals surface area contributed by atoms with Crippen molar-refractivity contribution in [1.29, 1.82) is 0 Å². The monoisotopic (exact) mass is 541 g/mol. The van der Waals surface area contributed by atoms with E-state index in [0.29, 0.717) is 34.6 Å². The molecule has 1 amide bonds. The first-order valence-corrected chi connectivity index (χ1v) is 11.9. The molecule has 1 aromatic carbocycles. The SMILES string of the molecule is COC(=O)N1CCC(CC(Oc2ccccc2)c2sc(C(=O)O)c(OCC(=O)O)c2Br)CC1. The summed E-state index contributed by atoms with van der Waals surface area (Å²) in [5.41, 5.74) is 0. The molecule has 2 aromatic rings. The highest BCUT2D eigenvalue weighted by molar-refractivity contribution is 9.10. The molecule has 1 unspecified atom stereocenters. The number of hydrogen-bond donors (Lipinski definition) is 2. The van der Waals surface area contributed by atoms with Crippen molar-refractivity contribution >= 4 is 45.3 Å². The van der Waals surface area contributed by atoms with Crippen LogP contribution in [0.1, 0.15) is 39.9 Å². The van der Waals surface area contributed by atoms with Crippen LogP contribution >= 0.6 is 27.3 Å². The maximum absolute atomic E-state index is 11.8. The minimum atomic E-state index is -1.21. The first kappa shape index (κ1) is 24.8. The highest BCUT2D eigenvalue weighted by atomic mass is 79.9. The van der Waals surface area contributed by atoms with Crippen molar-refractivity contribution in [2.75, 3.05) is 26.8 Å². The predicted octanol–water partition coefficient (Wildman–Crippen LogP) is 4.66. The Kier molecular flexibility index (Phi) is 8.56. The standard InChI is InChI=1S/C22H24BrNO8S/c1-30-22(29)24-9-7-13(8-10-24)11-15(32-14-5-3-2-4-6-14)19-17(23)18(31-12-16(25)26)20(33-19)21(27)28/h2-6,13,15H,7-12H2,1H3,(H,25,26)(H,27,28). The van der Waals surface area contributed by atoms with E-state index in [1.807, 2.05) is 30.3 Å². The number of ether oxygens (including phenoxy) is 3. The molecule has 0 radical (unpaired) electrons. The van der Waals surface area contributed by atoms with E-state index in [4.69, 9.17) is 19.3 Å². The molecule has 1 aliphatic rings. The molecule has 1 fully saturated rings. The third kappa shape index (κ3) is 6.38. The van der Waals surface area contributed by atoms with Crippen molar-refractivity contribution in [2.24, 2.45) is 5.92 Å². The van der Waals surface area contributed by atoms with Crippen LogP contribution in [-0.4, -0.2) is 60.0 Å². The second-order valence-corrected chi connectivity index (χ2v) is 9.33. The van der Waals surface area contributed by atoms with E-state index < -0.39 is 24.6 Å². The number of amides is 1. The molecule has 1 aliphatic heterocycles. The van der Waals surface area contributed by atoms with Gasteiger partial charge in [-0.15, -0.1) is 11.3 Å². The Morgan fingerprint density at radius 3 is 2.42 bits per heavy atom. The second kappa shape index (κ2) is 11.4. The maximum atomic E-state index is 11.8. The highest BCUT2D eigenvalue weighted by Gasteiger charge is 2.32. The Bertz CT molecular complexity index is 988. The number of para-hydroxylation sites is 1. The molecule has 2 N–H and O–H groups in total. The van der Waals surface area contributed by atoms with Crippen LogP contribution < -0.4 is 9.47 Å². The summed E-state index contributed by atoms with van der Waals surface area (Å²) in [5.74, 6) is -1.59. The summed E-state index contributed by atoms with van der Waals surface area (Å²) in [4.78, 5) is 36.7. The number of carboxylic acids is 2. The third-order valence-electron chi connectivity index (χ3n) is 5.28. The van der Waals surface area contributed by atoms with E-state index in [9.17, 15) is 19.5 Å². The highest BCUT2D eigenvalue weighted by Crippen LogP contribution is 2.46. The van der Waals surface area contributed by atoms with Crippen LogP contribution in [0.2, 0.25) is 0 Å². The Morgan fingerprint density at radius 2 is 1.85 bits per heavy atom. The van der Waals surface area contributed by atoms with Gasteiger partial charge in [0.15, 0.2) is 17.2 Å². The zero-order valence-electron chi connectivity index (χ0n) is 17.9. The van der Waals surface area contributed by atoms with E-state index in [1.54, 1.807) is 4.90 Å². The molecule has 33 heavy (non-hydrogen) atoms. The maximum Gasteiger partial charge on any atom is 0.409 e. The summed E-state index contributed by atoms with van der Waals surface area (Å²) in [6.45, 7) is 0.466. The summed E-state index contributed by atoms with van der Waals surface area (Å²) in [5, 5.41) is 18.6. The number of carbonyl (C=O) groups is 3. The van der Waals surface area contributed by atoms with Gasteiger partial charge in [-0.05, 0) is 53.2 Å². The summed E-state index contributed by atoms with van der Waals surface area (Å²) < 4.78 is 16.7. The van der Waals surface area contributed by atoms with Crippen LogP contribution in [0.25, 0.3) is 0 Å². The number of thiophene rings is 1. The molecule has 3 rings (SSSR count). The van der Waals surface area contributed by atoms with E-state index in [1.165, 1.54) is 7.11 Å². The molecule has 0 spiro atoms. The molecule has 1 atom stereocenters. The van der Waals surface area contributed by atoms with E-state index in [2.05, 4.69) is 15.9 Å². The van der Waals surface area contributed by atoms with Crippen LogP contribution in [0.4, 0.5) is 4.79 Å². The normalized spacial score (nSPS) is 15.0. The van der Waals surface area contributed by atoms with Gasteiger partial charge in [0.25, 0.3) is 0 Å². The van der Waals surface area contributed by atoms with Crippen molar-refractivity contribution in [1.82, 2.24) is 4.90 Å². The van der Waals surface area contributed by atoms with Crippen molar-refractivity contribution in [3.8, 4) is 11.5 Å². The molecule has 1 saturated heterocycles. The number of carbonyl (C=O) groups excluding carboxylic acids is 1. The van der Waals surface area contributed by atoms with Crippen LogP contribution in [0.3, 0.4) is 0 Å². The Morgan fingerprint density at radius 1 is 1.18 bits per heavy atom. The van der Waals surface area contributed by atoms with Gasteiger partial charge in [-0.3, -0.25) is 0 Å². The molecule has 11 heteroatoms. The van der Waals surface area contributed by atoms with Crippen LogP contribution in [0.5, 0.6) is 11.5 Å². The number of methoxy groups -OCH3 is 1. The molecule has 9 nitrogen and oxygen atoms in total. The van der Waals surface area contributed by atoms with E-state index >= 15 is 0 Å². The molecule has 1 aromatic heterocycles. The van der Waals surface area contributed by atoms with Crippen molar-refractivity contribution in [3.05, 3.63) is 44.6 Å². The Hall–Kier alpha value is -2.79. The lowest BCUT2D eigenvalue weighted by molar-refractivity contribution is -0.139. The quantitative estimate of drug-likeness (QED) is 0.469. The zero-order valence-corrected chi connectivity index (χ0v) is 20.3. The number of benzene rings is 1. The van der Waals surface area contributed by atoms with Crippen LogP contribution in [-0.2, 0) is 9.53 Å². The molecular weight excluding hydrogens is 518 g/mol. The van der Waals surface area contributed by atoms with Gasteiger partial charge in [-0.1, -0.05) is 18.2 Å².